The van der Waals surface area contributed by atoms with Crippen molar-refractivity contribution in [3.05, 3.63) is 65.2 Å². The maximum atomic E-state index is 4.49. The second-order valence-corrected chi connectivity index (χ2v) is 4.43. The number of aryl methyl sites for hydroxylation is 2. The van der Waals surface area contributed by atoms with Crippen molar-refractivity contribution in [2.24, 2.45) is 4.99 Å². The van der Waals surface area contributed by atoms with Gasteiger partial charge in [0.05, 0.1) is 5.69 Å². The van der Waals surface area contributed by atoms with Crippen molar-refractivity contribution in [1.29, 1.82) is 0 Å². The largest absolute Gasteiger partial charge is 0.260 e. The number of para-hydroxylation sites is 1. The van der Waals surface area contributed by atoms with Crippen LogP contribution in [0.2, 0.25) is 0 Å². The molecule has 0 bridgehead atoms. The van der Waals surface area contributed by atoms with Gasteiger partial charge in [0.1, 0.15) is 0 Å². The van der Waals surface area contributed by atoms with Gasteiger partial charge in [-0.2, -0.15) is 0 Å². The van der Waals surface area contributed by atoms with Gasteiger partial charge >= 0.3 is 0 Å². The molecule has 1 nitrogen and oxygen atoms in total. The highest BCUT2D eigenvalue weighted by molar-refractivity contribution is 5.77. The standard InChI is InChI=1S/C16H15N/c1-2-5-13(6-3-1)9-10-14-7-4-8-15-11-12-17-16(14)15/h1-8,12H,9-11H2. The smallest absolute Gasteiger partial charge is 0.0693 e. The number of hydrogen-bond acceptors (Lipinski definition) is 1. The summed E-state index contributed by atoms with van der Waals surface area (Å²) in [4.78, 5) is 4.49. The van der Waals surface area contributed by atoms with E-state index in [-0.39, 0.29) is 0 Å². The van der Waals surface area contributed by atoms with E-state index in [1.54, 1.807) is 0 Å². The normalized spacial score (nSPS) is 12.7. The zero-order chi connectivity index (χ0) is 11.5. The SMILES string of the molecule is C1=Nc2c(cccc2CCc2ccccc2)C1. The summed E-state index contributed by atoms with van der Waals surface area (Å²) in [6, 6.07) is 17.2. The summed E-state index contributed by atoms with van der Waals surface area (Å²) in [5, 5.41) is 0. The fraction of sp³-hybridized carbons (Fsp3) is 0.188. The van der Waals surface area contributed by atoms with Gasteiger partial charge in [0.25, 0.3) is 0 Å². The Morgan fingerprint density at radius 2 is 1.76 bits per heavy atom. The summed E-state index contributed by atoms with van der Waals surface area (Å²) in [5.74, 6) is 0. The van der Waals surface area contributed by atoms with E-state index in [1.807, 2.05) is 6.21 Å². The third kappa shape index (κ3) is 2.14. The lowest BCUT2D eigenvalue weighted by atomic mass is 10.0. The Hall–Kier alpha value is -1.89. The number of nitrogens with zero attached hydrogens (tertiary/aromatic N) is 1. The molecule has 0 saturated carbocycles. The van der Waals surface area contributed by atoms with Crippen LogP contribution >= 0.6 is 0 Å². The Labute approximate surface area is 102 Å². The van der Waals surface area contributed by atoms with Gasteiger partial charge in [-0.3, -0.25) is 4.99 Å². The van der Waals surface area contributed by atoms with Crippen LogP contribution < -0.4 is 0 Å². The fourth-order valence-corrected chi connectivity index (χ4v) is 2.34. The molecule has 0 unspecified atom stereocenters. The van der Waals surface area contributed by atoms with Crippen LogP contribution in [0, 0.1) is 0 Å². The van der Waals surface area contributed by atoms with E-state index < -0.39 is 0 Å². The van der Waals surface area contributed by atoms with Crippen LogP contribution in [0.15, 0.2) is 53.5 Å². The molecule has 3 rings (SSSR count). The number of fused-ring (bicyclic) bond motifs is 1. The minimum absolute atomic E-state index is 0.995. The fourth-order valence-electron chi connectivity index (χ4n) is 2.34. The van der Waals surface area contributed by atoms with Crippen molar-refractivity contribution in [3.63, 3.8) is 0 Å². The maximum absolute atomic E-state index is 4.49. The third-order valence-corrected chi connectivity index (χ3v) is 3.26. The van der Waals surface area contributed by atoms with Gasteiger partial charge in [-0.1, -0.05) is 48.5 Å². The van der Waals surface area contributed by atoms with E-state index in [4.69, 9.17) is 0 Å². The van der Waals surface area contributed by atoms with Crippen LogP contribution in [0.25, 0.3) is 0 Å². The summed E-state index contributed by atoms with van der Waals surface area (Å²) < 4.78 is 0. The lowest BCUT2D eigenvalue weighted by molar-refractivity contribution is 0.959. The Morgan fingerprint density at radius 1 is 0.882 bits per heavy atom. The van der Waals surface area contributed by atoms with Crippen LogP contribution in [-0.4, -0.2) is 6.21 Å². The van der Waals surface area contributed by atoms with E-state index in [2.05, 4.69) is 53.5 Å². The number of rotatable bonds is 3. The highest BCUT2D eigenvalue weighted by atomic mass is 14.8. The van der Waals surface area contributed by atoms with Crippen molar-refractivity contribution >= 4 is 11.9 Å². The van der Waals surface area contributed by atoms with Gasteiger partial charge < -0.3 is 0 Å². The quantitative estimate of drug-likeness (QED) is 0.749. The maximum Gasteiger partial charge on any atom is 0.0693 e. The predicted octanol–water partition coefficient (Wildman–Crippen LogP) is 3.73. The number of benzene rings is 2. The highest BCUT2D eigenvalue weighted by Crippen LogP contribution is 2.29. The third-order valence-electron chi connectivity index (χ3n) is 3.26. The van der Waals surface area contributed by atoms with E-state index in [9.17, 15) is 0 Å². The van der Waals surface area contributed by atoms with E-state index >= 15 is 0 Å². The van der Waals surface area contributed by atoms with Crippen molar-refractivity contribution < 1.29 is 0 Å². The van der Waals surface area contributed by atoms with Crippen LogP contribution in [-0.2, 0) is 19.3 Å². The molecule has 2 aromatic carbocycles. The Kier molecular flexibility index (Phi) is 2.74. The minimum atomic E-state index is 0.995. The van der Waals surface area contributed by atoms with Crippen molar-refractivity contribution in [3.8, 4) is 0 Å². The first-order valence-corrected chi connectivity index (χ1v) is 6.11. The number of aliphatic imine (C=N–C) groups is 1. The molecule has 17 heavy (non-hydrogen) atoms. The Bertz CT molecular complexity index is 541. The van der Waals surface area contributed by atoms with Crippen LogP contribution in [0.5, 0.6) is 0 Å². The topological polar surface area (TPSA) is 12.4 Å². The van der Waals surface area contributed by atoms with E-state index in [0.29, 0.717) is 0 Å². The molecule has 0 saturated heterocycles. The van der Waals surface area contributed by atoms with Crippen LogP contribution in [0.1, 0.15) is 16.7 Å². The molecule has 0 amide bonds. The molecule has 1 aliphatic rings. The molecule has 2 aromatic rings. The Balaban J connectivity index is 1.78. The van der Waals surface area contributed by atoms with Gasteiger partial charge in [0, 0.05) is 12.6 Å². The number of hydrogen-bond donors (Lipinski definition) is 0. The van der Waals surface area contributed by atoms with Crippen molar-refractivity contribution in [1.82, 2.24) is 0 Å². The first-order chi connectivity index (χ1) is 8.43. The van der Waals surface area contributed by atoms with Gasteiger partial charge in [0.2, 0.25) is 0 Å². The van der Waals surface area contributed by atoms with Gasteiger partial charge in [-0.05, 0) is 29.5 Å². The molecule has 0 fully saturated rings. The molecule has 0 aromatic heterocycles. The summed E-state index contributed by atoms with van der Waals surface area (Å²) in [6.45, 7) is 0. The molecule has 1 aliphatic heterocycles. The molecular weight excluding hydrogens is 206 g/mol. The lowest BCUT2D eigenvalue weighted by Crippen LogP contribution is -1.92. The average molecular weight is 221 g/mol. The zero-order valence-corrected chi connectivity index (χ0v) is 9.76. The van der Waals surface area contributed by atoms with Gasteiger partial charge in [0.15, 0.2) is 0 Å². The molecular formula is C16H15N. The summed E-state index contributed by atoms with van der Waals surface area (Å²) in [6.07, 6.45) is 5.17. The average Bonchev–Trinajstić information content (AvgIpc) is 2.86. The highest BCUT2D eigenvalue weighted by Gasteiger charge is 2.10. The molecule has 1 heterocycles. The Morgan fingerprint density at radius 3 is 2.65 bits per heavy atom. The van der Waals surface area contributed by atoms with E-state index in [1.165, 1.54) is 22.4 Å². The molecule has 0 atom stereocenters. The second-order valence-electron chi connectivity index (χ2n) is 4.43. The summed E-state index contributed by atoms with van der Waals surface area (Å²) in [7, 11) is 0. The van der Waals surface area contributed by atoms with E-state index in [0.717, 1.165) is 19.3 Å². The van der Waals surface area contributed by atoms with Crippen LogP contribution in [0.3, 0.4) is 0 Å². The summed E-state index contributed by atoms with van der Waals surface area (Å²) in [5.41, 5.74) is 5.35. The van der Waals surface area contributed by atoms with Gasteiger partial charge in [-0.15, -0.1) is 0 Å². The second kappa shape index (κ2) is 4.54. The predicted molar refractivity (Wildman–Crippen MR) is 72.1 cm³/mol. The first-order valence-electron chi connectivity index (χ1n) is 6.11. The lowest BCUT2D eigenvalue weighted by Gasteiger charge is -2.06. The summed E-state index contributed by atoms with van der Waals surface area (Å²) >= 11 is 0. The molecule has 1 heteroatoms. The first kappa shape index (κ1) is 10.3. The van der Waals surface area contributed by atoms with Gasteiger partial charge in [-0.25, -0.2) is 0 Å². The van der Waals surface area contributed by atoms with Crippen molar-refractivity contribution in [2.45, 2.75) is 19.3 Å². The molecule has 0 aliphatic carbocycles. The molecule has 0 spiro atoms. The van der Waals surface area contributed by atoms with Crippen molar-refractivity contribution in [2.75, 3.05) is 0 Å². The monoisotopic (exact) mass is 221 g/mol. The molecule has 84 valence electrons. The minimum Gasteiger partial charge on any atom is -0.260 e. The zero-order valence-electron chi connectivity index (χ0n) is 9.76. The molecule has 0 N–H and O–H groups in total. The van der Waals surface area contributed by atoms with Crippen LogP contribution in [0.4, 0.5) is 5.69 Å². The molecule has 0 radical (unpaired) electrons.